The summed E-state index contributed by atoms with van der Waals surface area (Å²) in [4.78, 5) is 38.5. The number of aryl methyl sites for hydroxylation is 2. The first-order valence-corrected chi connectivity index (χ1v) is 9.66. The minimum absolute atomic E-state index is 0.0197. The third-order valence-corrected chi connectivity index (χ3v) is 5.55. The molecule has 2 atom stereocenters. The van der Waals surface area contributed by atoms with Gasteiger partial charge in [-0.2, -0.15) is 0 Å². The lowest BCUT2D eigenvalue weighted by Crippen LogP contribution is -2.57. The molecule has 9 nitrogen and oxygen atoms in total. The van der Waals surface area contributed by atoms with Crippen LogP contribution in [0.3, 0.4) is 0 Å². The number of hydrogen-bond donors (Lipinski definition) is 4. The van der Waals surface area contributed by atoms with Gasteiger partial charge in [0.1, 0.15) is 16.8 Å². The van der Waals surface area contributed by atoms with Gasteiger partial charge in [-0.15, -0.1) is 0 Å². The van der Waals surface area contributed by atoms with Crippen LogP contribution in [0.4, 0.5) is 5.82 Å². The summed E-state index contributed by atoms with van der Waals surface area (Å²) in [5.41, 5.74) is 0.841. The van der Waals surface area contributed by atoms with E-state index in [1.54, 1.807) is 24.8 Å². The van der Waals surface area contributed by atoms with Gasteiger partial charge in [0.15, 0.2) is 0 Å². The molecule has 1 aliphatic heterocycles. The lowest BCUT2D eigenvalue weighted by atomic mass is 9.72. The van der Waals surface area contributed by atoms with Gasteiger partial charge in [0.05, 0.1) is 6.10 Å². The van der Waals surface area contributed by atoms with Crippen LogP contribution in [0, 0.1) is 19.3 Å². The first-order chi connectivity index (χ1) is 14.7. The topological polar surface area (TPSA) is 148 Å². The van der Waals surface area contributed by atoms with Crippen molar-refractivity contribution in [3.05, 3.63) is 58.8 Å². The molecule has 0 aliphatic carbocycles. The monoisotopic (exact) mass is 430 g/mol. The Bertz CT molecular complexity index is 948. The lowest BCUT2D eigenvalue weighted by Gasteiger charge is -2.44. The van der Waals surface area contributed by atoms with E-state index in [2.05, 4.69) is 4.98 Å². The van der Waals surface area contributed by atoms with E-state index in [-0.39, 0.29) is 37.2 Å². The average Bonchev–Trinajstić information content (AvgIpc) is 2.72. The summed E-state index contributed by atoms with van der Waals surface area (Å²) in [6.07, 6.45) is -0.678. The molecule has 0 amide bonds. The highest BCUT2D eigenvalue weighted by atomic mass is 16.4. The third kappa shape index (κ3) is 5.18. The molecule has 4 N–H and O–H groups in total. The Morgan fingerprint density at radius 2 is 1.84 bits per heavy atom. The second-order valence-corrected chi connectivity index (χ2v) is 7.52. The number of aliphatic hydroxyl groups excluding tert-OH is 1. The van der Waals surface area contributed by atoms with Crippen LogP contribution in [0.2, 0.25) is 0 Å². The summed E-state index contributed by atoms with van der Waals surface area (Å²) in [5.74, 6) is -1.96. The second-order valence-electron chi connectivity index (χ2n) is 7.52. The number of carbonyl (C=O) groups is 3. The van der Waals surface area contributed by atoms with Crippen LogP contribution < -0.4 is 4.90 Å². The molecule has 1 fully saturated rings. The maximum Gasteiger partial charge on any atom is 0.339 e. The molecule has 1 saturated heterocycles. The van der Waals surface area contributed by atoms with E-state index in [1.165, 1.54) is 0 Å². The molecular weight excluding hydrogens is 404 g/mol. The van der Waals surface area contributed by atoms with Crippen molar-refractivity contribution in [3.63, 3.8) is 0 Å². The maximum atomic E-state index is 12.3. The van der Waals surface area contributed by atoms with Crippen molar-refractivity contribution in [2.24, 2.45) is 5.41 Å². The molecule has 0 unspecified atom stereocenters. The SMILES string of the molecule is Cc1cc(C(=O)O)c(N2CC[C@H](O)[C@@](Cc3ccccc3)(C(=O)O)C2)nc1C.O=CO. The molecule has 1 aromatic heterocycles. The first kappa shape index (κ1) is 23.8. The molecule has 1 aromatic carbocycles. The van der Waals surface area contributed by atoms with Crippen LogP contribution in [0.1, 0.15) is 33.6 Å². The van der Waals surface area contributed by atoms with Gasteiger partial charge in [0.2, 0.25) is 0 Å². The summed E-state index contributed by atoms with van der Waals surface area (Å²) >= 11 is 0. The van der Waals surface area contributed by atoms with Crippen LogP contribution in [-0.4, -0.2) is 63.0 Å². The minimum Gasteiger partial charge on any atom is -0.483 e. The van der Waals surface area contributed by atoms with E-state index in [4.69, 9.17) is 9.90 Å². The van der Waals surface area contributed by atoms with Gasteiger partial charge in [-0.05, 0) is 43.9 Å². The zero-order valence-corrected chi connectivity index (χ0v) is 17.4. The maximum absolute atomic E-state index is 12.3. The fourth-order valence-electron chi connectivity index (χ4n) is 3.77. The number of pyridine rings is 1. The normalized spacial score (nSPS) is 20.4. The first-order valence-electron chi connectivity index (χ1n) is 9.66. The van der Waals surface area contributed by atoms with E-state index < -0.39 is 23.5 Å². The number of rotatable bonds is 5. The van der Waals surface area contributed by atoms with Gasteiger partial charge >= 0.3 is 11.9 Å². The number of nitrogens with zero attached hydrogens (tertiary/aromatic N) is 2. The molecule has 0 bridgehead atoms. The Labute approximate surface area is 179 Å². The predicted octanol–water partition coefficient (Wildman–Crippen LogP) is 1.98. The number of aliphatic hydroxyl groups is 1. The molecule has 2 heterocycles. The number of hydrogen-bond acceptors (Lipinski definition) is 6. The standard InChI is InChI=1S/C21H24N2O5.CH2O2/c1-13-10-16(19(25)26)18(22-14(13)2)23-9-8-17(24)21(12-23,20(27)28)11-15-6-4-3-5-7-15;2-1-3/h3-7,10,17,24H,8-9,11-12H2,1-2H3,(H,25,26)(H,27,28);1H,(H,2,3)/t17-,21-;/m0./s1. The molecule has 2 aromatic rings. The second kappa shape index (κ2) is 10.0. The largest absolute Gasteiger partial charge is 0.483 e. The number of piperidine rings is 1. The summed E-state index contributed by atoms with van der Waals surface area (Å²) in [5, 5.41) is 37.2. The quantitative estimate of drug-likeness (QED) is 0.522. The number of anilines is 1. The number of aromatic carboxylic acids is 1. The van der Waals surface area contributed by atoms with Crippen molar-refractivity contribution < 1.29 is 34.8 Å². The van der Waals surface area contributed by atoms with Crippen molar-refractivity contribution in [2.75, 3.05) is 18.0 Å². The van der Waals surface area contributed by atoms with Crippen molar-refractivity contribution >= 4 is 24.2 Å². The lowest BCUT2D eigenvalue weighted by molar-refractivity contribution is -0.157. The van der Waals surface area contributed by atoms with Gasteiger partial charge in [-0.25, -0.2) is 9.78 Å². The molecular formula is C22H26N2O7. The fraction of sp³-hybridized carbons (Fsp3) is 0.364. The van der Waals surface area contributed by atoms with Gasteiger partial charge in [-0.1, -0.05) is 30.3 Å². The van der Waals surface area contributed by atoms with Gasteiger partial charge in [-0.3, -0.25) is 9.59 Å². The van der Waals surface area contributed by atoms with E-state index >= 15 is 0 Å². The van der Waals surface area contributed by atoms with Gasteiger partial charge < -0.3 is 25.3 Å². The molecule has 0 saturated carbocycles. The van der Waals surface area contributed by atoms with E-state index in [9.17, 15) is 24.9 Å². The number of benzene rings is 1. The molecule has 0 spiro atoms. The summed E-state index contributed by atoms with van der Waals surface area (Å²) in [7, 11) is 0. The highest BCUT2D eigenvalue weighted by molar-refractivity contribution is 5.94. The Morgan fingerprint density at radius 1 is 1.23 bits per heavy atom. The molecule has 3 rings (SSSR count). The minimum atomic E-state index is -1.45. The van der Waals surface area contributed by atoms with Crippen LogP contribution in [0.25, 0.3) is 0 Å². The Kier molecular flexibility index (Phi) is 7.71. The third-order valence-electron chi connectivity index (χ3n) is 5.55. The van der Waals surface area contributed by atoms with Crippen molar-refractivity contribution in [3.8, 4) is 0 Å². The van der Waals surface area contributed by atoms with Gasteiger partial charge in [0, 0.05) is 18.8 Å². The fourth-order valence-corrected chi connectivity index (χ4v) is 3.77. The summed E-state index contributed by atoms with van der Waals surface area (Å²) in [6, 6.07) is 10.7. The number of aliphatic carboxylic acids is 1. The van der Waals surface area contributed by atoms with E-state index in [0.29, 0.717) is 12.2 Å². The molecule has 166 valence electrons. The van der Waals surface area contributed by atoms with Crippen molar-refractivity contribution in [1.82, 2.24) is 4.98 Å². The number of carboxylic acid groups (broad SMARTS) is 3. The van der Waals surface area contributed by atoms with Crippen LogP contribution in [0.15, 0.2) is 36.4 Å². The van der Waals surface area contributed by atoms with Crippen LogP contribution in [0.5, 0.6) is 0 Å². The highest BCUT2D eigenvalue weighted by Crippen LogP contribution is 2.37. The summed E-state index contributed by atoms with van der Waals surface area (Å²) in [6.45, 7) is 3.64. The zero-order valence-electron chi connectivity index (χ0n) is 17.4. The van der Waals surface area contributed by atoms with Crippen molar-refractivity contribution in [2.45, 2.75) is 32.8 Å². The number of aromatic nitrogens is 1. The van der Waals surface area contributed by atoms with E-state index in [1.807, 2.05) is 30.3 Å². The predicted molar refractivity (Wildman–Crippen MR) is 112 cm³/mol. The Morgan fingerprint density at radius 3 is 2.39 bits per heavy atom. The zero-order chi connectivity index (χ0) is 23.2. The Hall–Kier alpha value is -3.46. The average molecular weight is 430 g/mol. The molecule has 9 heteroatoms. The van der Waals surface area contributed by atoms with Crippen LogP contribution in [-0.2, 0) is 16.0 Å². The number of carboxylic acids is 2. The van der Waals surface area contributed by atoms with Crippen LogP contribution >= 0.6 is 0 Å². The molecule has 31 heavy (non-hydrogen) atoms. The molecule has 0 radical (unpaired) electrons. The smallest absolute Gasteiger partial charge is 0.339 e. The molecule has 1 aliphatic rings. The Balaban J connectivity index is 0.00000107. The van der Waals surface area contributed by atoms with Gasteiger partial charge in [0.25, 0.3) is 6.47 Å². The summed E-state index contributed by atoms with van der Waals surface area (Å²) < 4.78 is 0. The van der Waals surface area contributed by atoms with Crippen molar-refractivity contribution in [1.29, 1.82) is 0 Å². The highest BCUT2D eigenvalue weighted by Gasteiger charge is 2.50. The van der Waals surface area contributed by atoms with E-state index in [0.717, 1.165) is 11.1 Å².